The van der Waals surface area contributed by atoms with Gasteiger partial charge in [0.2, 0.25) is 0 Å². The first-order valence-electron chi connectivity index (χ1n) is 6.25. The molecule has 0 fully saturated rings. The summed E-state index contributed by atoms with van der Waals surface area (Å²) >= 11 is 3.34. The van der Waals surface area contributed by atoms with Crippen molar-refractivity contribution in [2.24, 2.45) is 7.05 Å². The van der Waals surface area contributed by atoms with E-state index in [-0.39, 0.29) is 11.9 Å². The zero-order chi connectivity index (χ0) is 13.8. The molecule has 1 aromatic carbocycles. The van der Waals surface area contributed by atoms with Gasteiger partial charge >= 0.3 is 0 Å². The fraction of sp³-hybridized carbons (Fsp3) is 0.357. The van der Waals surface area contributed by atoms with E-state index < -0.39 is 0 Å². The molecule has 1 aromatic heterocycles. The van der Waals surface area contributed by atoms with E-state index in [1.54, 1.807) is 10.7 Å². The number of nitrogens with one attached hydrogen (secondary N) is 1. The van der Waals surface area contributed by atoms with Crippen LogP contribution in [0.2, 0.25) is 0 Å². The second-order valence-corrected chi connectivity index (χ2v) is 5.46. The van der Waals surface area contributed by atoms with E-state index >= 15 is 0 Å². The first-order chi connectivity index (χ1) is 9.08. The summed E-state index contributed by atoms with van der Waals surface area (Å²) < 4.78 is 16.0. The molecule has 0 spiro atoms. The van der Waals surface area contributed by atoms with Crippen LogP contribution < -0.4 is 5.32 Å². The van der Waals surface area contributed by atoms with E-state index in [1.165, 1.54) is 6.07 Å². The molecule has 0 saturated carbocycles. The fourth-order valence-corrected chi connectivity index (χ4v) is 2.63. The molecule has 0 amide bonds. The van der Waals surface area contributed by atoms with E-state index in [0.717, 1.165) is 28.6 Å². The third-order valence-corrected chi connectivity index (χ3v) is 3.39. The third-order valence-electron chi connectivity index (χ3n) is 2.94. The summed E-state index contributed by atoms with van der Waals surface area (Å²) in [7, 11) is 1.89. The van der Waals surface area contributed by atoms with Crippen molar-refractivity contribution in [2.45, 2.75) is 19.4 Å². The van der Waals surface area contributed by atoms with Crippen LogP contribution in [-0.2, 0) is 13.5 Å². The summed E-state index contributed by atoms with van der Waals surface area (Å²) in [5.41, 5.74) is 2.08. The van der Waals surface area contributed by atoms with Crippen LogP contribution in [0.1, 0.15) is 24.1 Å². The minimum atomic E-state index is -0.224. The first-order valence-corrected chi connectivity index (χ1v) is 7.04. The molecule has 19 heavy (non-hydrogen) atoms. The second-order valence-electron chi connectivity index (χ2n) is 4.54. The molecule has 3 nitrogen and oxygen atoms in total. The van der Waals surface area contributed by atoms with Crippen molar-refractivity contribution in [1.29, 1.82) is 0 Å². The summed E-state index contributed by atoms with van der Waals surface area (Å²) in [6.07, 6.45) is 4.62. The Bertz CT molecular complexity index is 533. The van der Waals surface area contributed by atoms with Gasteiger partial charge in [-0.05, 0) is 42.3 Å². The average Bonchev–Trinajstić information content (AvgIpc) is 2.73. The molecule has 2 aromatic rings. The molecular formula is C14H17BrFN3. The van der Waals surface area contributed by atoms with E-state index in [2.05, 4.69) is 26.3 Å². The largest absolute Gasteiger partial charge is 0.310 e. The lowest BCUT2D eigenvalue weighted by molar-refractivity contribution is 0.542. The molecule has 0 bridgehead atoms. The highest BCUT2D eigenvalue weighted by Gasteiger charge is 2.13. The van der Waals surface area contributed by atoms with Crippen LogP contribution in [0.5, 0.6) is 0 Å². The first kappa shape index (κ1) is 14.2. The van der Waals surface area contributed by atoms with Gasteiger partial charge in [0.1, 0.15) is 5.82 Å². The van der Waals surface area contributed by atoms with Gasteiger partial charge in [-0.2, -0.15) is 5.10 Å². The smallest absolute Gasteiger partial charge is 0.124 e. The van der Waals surface area contributed by atoms with Crippen LogP contribution in [0.15, 0.2) is 35.1 Å². The number of likely N-dealkylation sites (N-methyl/N-ethyl adjacent to an activating group) is 1. The summed E-state index contributed by atoms with van der Waals surface area (Å²) in [4.78, 5) is 0. The SMILES string of the molecule is CCNC(Cc1cnn(C)c1)c1cc(F)cc(Br)c1. The Labute approximate surface area is 121 Å². The van der Waals surface area contributed by atoms with Crippen LogP contribution >= 0.6 is 15.9 Å². The zero-order valence-corrected chi connectivity index (χ0v) is 12.6. The predicted molar refractivity (Wildman–Crippen MR) is 77.4 cm³/mol. The quantitative estimate of drug-likeness (QED) is 0.914. The number of aromatic nitrogens is 2. The van der Waals surface area contributed by atoms with Gasteiger partial charge in [0.05, 0.1) is 6.20 Å². The fourth-order valence-electron chi connectivity index (χ4n) is 2.14. The molecule has 0 radical (unpaired) electrons. The van der Waals surface area contributed by atoms with Crippen LogP contribution in [0.3, 0.4) is 0 Å². The van der Waals surface area contributed by atoms with Crippen molar-refractivity contribution in [1.82, 2.24) is 15.1 Å². The predicted octanol–water partition coefficient (Wildman–Crippen LogP) is 3.22. The summed E-state index contributed by atoms with van der Waals surface area (Å²) in [5.74, 6) is -0.224. The normalized spacial score (nSPS) is 12.6. The highest BCUT2D eigenvalue weighted by molar-refractivity contribution is 9.10. The number of hydrogen-bond donors (Lipinski definition) is 1. The highest BCUT2D eigenvalue weighted by Crippen LogP contribution is 2.23. The average molecular weight is 326 g/mol. The molecule has 102 valence electrons. The Morgan fingerprint density at radius 1 is 1.42 bits per heavy atom. The van der Waals surface area contributed by atoms with Gasteiger partial charge in [-0.25, -0.2) is 4.39 Å². The minimum absolute atomic E-state index is 0.0844. The van der Waals surface area contributed by atoms with Crippen LogP contribution in [0.4, 0.5) is 4.39 Å². The van der Waals surface area contributed by atoms with E-state index in [0.29, 0.717) is 0 Å². The van der Waals surface area contributed by atoms with E-state index in [9.17, 15) is 4.39 Å². The van der Waals surface area contributed by atoms with Gasteiger partial charge < -0.3 is 5.32 Å². The Balaban J connectivity index is 2.23. The maximum atomic E-state index is 13.5. The number of rotatable bonds is 5. The number of nitrogens with zero attached hydrogens (tertiary/aromatic N) is 2. The maximum Gasteiger partial charge on any atom is 0.124 e. The Hall–Kier alpha value is -1.20. The lowest BCUT2D eigenvalue weighted by atomic mass is 10.0. The third kappa shape index (κ3) is 3.88. The molecule has 0 aliphatic rings. The highest BCUT2D eigenvalue weighted by atomic mass is 79.9. The molecule has 1 atom stereocenters. The van der Waals surface area contributed by atoms with Crippen molar-refractivity contribution < 1.29 is 4.39 Å². The molecule has 1 heterocycles. The van der Waals surface area contributed by atoms with Gasteiger partial charge in [-0.15, -0.1) is 0 Å². The van der Waals surface area contributed by atoms with Crippen molar-refractivity contribution in [2.75, 3.05) is 6.54 Å². The van der Waals surface area contributed by atoms with Gasteiger partial charge in [0.25, 0.3) is 0 Å². The molecule has 2 rings (SSSR count). The molecule has 1 N–H and O–H groups in total. The molecule has 1 unspecified atom stereocenters. The lowest BCUT2D eigenvalue weighted by Gasteiger charge is -2.18. The number of aryl methyl sites for hydroxylation is 1. The van der Waals surface area contributed by atoms with Gasteiger partial charge in [0.15, 0.2) is 0 Å². The van der Waals surface area contributed by atoms with Gasteiger partial charge in [-0.3, -0.25) is 4.68 Å². The topological polar surface area (TPSA) is 29.9 Å². The molecular weight excluding hydrogens is 309 g/mol. The van der Waals surface area contributed by atoms with Crippen molar-refractivity contribution in [3.8, 4) is 0 Å². The standard InChI is InChI=1S/C14H17BrFN3/c1-3-17-14(4-10-8-18-19(2)9-10)11-5-12(15)7-13(16)6-11/h5-9,14,17H,3-4H2,1-2H3. The number of benzene rings is 1. The molecule has 0 aliphatic carbocycles. The Kier molecular flexibility index (Phi) is 4.71. The van der Waals surface area contributed by atoms with Gasteiger partial charge in [0, 0.05) is 23.8 Å². The number of hydrogen-bond acceptors (Lipinski definition) is 2. The van der Waals surface area contributed by atoms with E-state index in [4.69, 9.17) is 0 Å². The summed E-state index contributed by atoms with van der Waals surface area (Å²) in [6.45, 7) is 2.88. The summed E-state index contributed by atoms with van der Waals surface area (Å²) in [6, 6.07) is 5.08. The maximum absolute atomic E-state index is 13.5. The summed E-state index contributed by atoms with van der Waals surface area (Å²) in [5, 5.41) is 7.55. The minimum Gasteiger partial charge on any atom is -0.310 e. The zero-order valence-electron chi connectivity index (χ0n) is 11.0. The Morgan fingerprint density at radius 2 is 2.21 bits per heavy atom. The van der Waals surface area contributed by atoms with Crippen molar-refractivity contribution in [3.63, 3.8) is 0 Å². The second kappa shape index (κ2) is 6.30. The van der Waals surface area contributed by atoms with Crippen molar-refractivity contribution in [3.05, 3.63) is 52.0 Å². The van der Waals surface area contributed by atoms with Gasteiger partial charge in [-0.1, -0.05) is 22.9 Å². The Morgan fingerprint density at radius 3 is 2.79 bits per heavy atom. The molecule has 0 saturated heterocycles. The number of halogens is 2. The van der Waals surface area contributed by atoms with Crippen molar-refractivity contribution >= 4 is 15.9 Å². The lowest BCUT2D eigenvalue weighted by Crippen LogP contribution is -2.23. The molecule has 0 aliphatic heterocycles. The van der Waals surface area contributed by atoms with Crippen LogP contribution in [0, 0.1) is 5.82 Å². The van der Waals surface area contributed by atoms with Crippen LogP contribution in [0.25, 0.3) is 0 Å². The van der Waals surface area contributed by atoms with Crippen LogP contribution in [-0.4, -0.2) is 16.3 Å². The molecule has 5 heteroatoms. The van der Waals surface area contributed by atoms with E-state index in [1.807, 2.05) is 32.4 Å². The monoisotopic (exact) mass is 325 g/mol.